The van der Waals surface area contributed by atoms with Crippen molar-refractivity contribution in [2.75, 3.05) is 26.7 Å². The Kier molecular flexibility index (Phi) is 3.30. The van der Waals surface area contributed by atoms with Gasteiger partial charge in [0.05, 0.1) is 6.10 Å². The van der Waals surface area contributed by atoms with Gasteiger partial charge in [-0.05, 0) is 13.5 Å². The van der Waals surface area contributed by atoms with E-state index in [0.29, 0.717) is 0 Å². The van der Waals surface area contributed by atoms with E-state index in [1.54, 1.807) is 0 Å². The molecule has 2 N–H and O–H groups in total. The Morgan fingerprint density at radius 2 is 2.27 bits per heavy atom. The Morgan fingerprint density at radius 1 is 1.55 bits per heavy atom. The van der Waals surface area contributed by atoms with Crippen molar-refractivity contribution in [1.29, 1.82) is 0 Å². The first-order chi connectivity index (χ1) is 5.24. The van der Waals surface area contributed by atoms with Gasteiger partial charge in [-0.2, -0.15) is 0 Å². The van der Waals surface area contributed by atoms with Gasteiger partial charge < -0.3 is 15.4 Å². The Bertz CT molecular complexity index is 119. The lowest BCUT2D eigenvalue weighted by molar-refractivity contribution is 0.0528. The summed E-state index contributed by atoms with van der Waals surface area (Å²) in [5.74, 6) is 0. The molecule has 0 spiro atoms. The first-order valence-electron chi connectivity index (χ1n) is 4.29. The molecule has 3 heteroatoms. The van der Waals surface area contributed by atoms with Gasteiger partial charge >= 0.3 is 0 Å². The van der Waals surface area contributed by atoms with E-state index in [4.69, 9.17) is 10.5 Å². The van der Waals surface area contributed by atoms with Crippen molar-refractivity contribution in [3.63, 3.8) is 0 Å². The van der Waals surface area contributed by atoms with Gasteiger partial charge in [-0.3, -0.25) is 0 Å². The van der Waals surface area contributed by atoms with Crippen molar-refractivity contribution < 1.29 is 4.74 Å². The Hall–Kier alpha value is -0.120. The monoisotopic (exact) mass is 158 g/mol. The predicted molar refractivity (Wildman–Crippen MR) is 45.5 cm³/mol. The molecule has 0 radical (unpaired) electrons. The summed E-state index contributed by atoms with van der Waals surface area (Å²) in [5.41, 5.74) is 5.84. The molecule has 0 aromatic heterocycles. The fourth-order valence-corrected chi connectivity index (χ4v) is 1.44. The van der Waals surface area contributed by atoms with Crippen LogP contribution < -0.4 is 5.73 Å². The molecule has 2 unspecified atom stereocenters. The topological polar surface area (TPSA) is 38.5 Å². The fraction of sp³-hybridized carbons (Fsp3) is 1.00. The molecule has 1 heterocycles. The lowest BCUT2D eigenvalue weighted by Crippen LogP contribution is -2.35. The van der Waals surface area contributed by atoms with E-state index in [-0.39, 0.29) is 12.1 Å². The Morgan fingerprint density at radius 3 is 2.73 bits per heavy atom. The van der Waals surface area contributed by atoms with Crippen LogP contribution in [0.1, 0.15) is 13.3 Å². The third-order valence-electron chi connectivity index (χ3n) is 2.03. The average molecular weight is 158 g/mol. The summed E-state index contributed by atoms with van der Waals surface area (Å²) >= 11 is 0. The number of hydrogen-bond acceptors (Lipinski definition) is 3. The number of nitrogens with zero attached hydrogens (tertiary/aromatic N) is 1. The van der Waals surface area contributed by atoms with Gasteiger partial charge in [0.2, 0.25) is 0 Å². The molecule has 0 bridgehead atoms. The Balaban J connectivity index is 2.23. The lowest BCUT2D eigenvalue weighted by Gasteiger charge is -2.14. The maximum Gasteiger partial charge on any atom is 0.0864 e. The van der Waals surface area contributed by atoms with Crippen LogP contribution in [0.25, 0.3) is 0 Å². The molecule has 1 aliphatic rings. The fourth-order valence-electron chi connectivity index (χ4n) is 1.44. The highest BCUT2D eigenvalue weighted by atomic mass is 16.5. The summed E-state index contributed by atoms with van der Waals surface area (Å²) < 4.78 is 5.57. The standard InChI is InChI=1S/C8H18N2O/c1-3-4-11-8-6-10(2)5-7(8)9/h7-8H,3-6,9H2,1-2H3. The molecule has 0 saturated carbocycles. The molecule has 66 valence electrons. The lowest BCUT2D eigenvalue weighted by atomic mass is 10.2. The zero-order chi connectivity index (χ0) is 8.27. The molecule has 2 atom stereocenters. The van der Waals surface area contributed by atoms with Gasteiger partial charge in [-0.1, -0.05) is 6.92 Å². The maximum absolute atomic E-state index is 5.84. The molecule has 0 aliphatic carbocycles. The third kappa shape index (κ3) is 2.43. The van der Waals surface area contributed by atoms with E-state index in [1.165, 1.54) is 0 Å². The number of hydrogen-bond donors (Lipinski definition) is 1. The van der Waals surface area contributed by atoms with Crippen molar-refractivity contribution in [1.82, 2.24) is 4.90 Å². The molecule has 0 aromatic rings. The summed E-state index contributed by atoms with van der Waals surface area (Å²) in [7, 11) is 2.08. The number of likely N-dealkylation sites (tertiary alicyclic amines) is 1. The van der Waals surface area contributed by atoms with Crippen LogP contribution in [0, 0.1) is 0 Å². The smallest absolute Gasteiger partial charge is 0.0864 e. The summed E-state index contributed by atoms with van der Waals surface area (Å²) in [5, 5.41) is 0. The van der Waals surface area contributed by atoms with Gasteiger partial charge in [-0.15, -0.1) is 0 Å². The molecule has 0 amide bonds. The van der Waals surface area contributed by atoms with E-state index in [9.17, 15) is 0 Å². The van der Waals surface area contributed by atoms with Crippen LogP contribution in [-0.4, -0.2) is 43.8 Å². The van der Waals surface area contributed by atoms with E-state index < -0.39 is 0 Å². The molecule has 1 rings (SSSR count). The predicted octanol–water partition coefficient (Wildman–Crippen LogP) is 0.0543. The van der Waals surface area contributed by atoms with E-state index in [1.807, 2.05) is 0 Å². The van der Waals surface area contributed by atoms with Crippen molar-refractivity contribution in [3.05, 3.63) is 0 Å². The summed E-state index contributed by atoms with van der Waals surface area (Å²) in [4.78, 5) is 2.21. The van der Waals surface area contributed by atoms with E-state index >= 15 is 0 Å². The molecule has 1 aliphatic heterocycles. The van der Waals surface area contributed by atoms with Crippen LogP contribution in [0.4, 0.5) is 0 Å². The SMILES string of the molecule is CCCOC1CN(C)CC1N. The number of likely N-dealkylation sites (N-methyl/N-ethyl adjacent to an activating group) is 1. The maximum atomic E-state index is 5.84. The van der Waals surface area contributed by atoms with Crippen LogP contribution >= 0.6 is 0 Å². The minimum Gasteiger partial charge on any atom is -0.375 e. The molecule has 1 fully saturated rings. The second kappa shape index (κ2) is 4.04. The minimum absolute atomic E-state index is 0.214. The molecule has 1 saturated heterocycles. The second-order valence-corrected chi connectivity index (χ2v) is 3.29. The highest BCUT2D eigenvalue weighted by Crippen LogP contribution is 2.09. The molecule has 11 heavy (non-hydrogen) atoms. The Labute approximate surface area is 68.5 Å². The van der Waals surface area contributed by atoms with Crippen molar-refractivity contribution in [2.45, 2.75) is 25.5 Å². The number of rotatable bonds is 3. The van der Waals surface area contributed by atoms with Gasteiger partial charge in [0.1, 0.15) is 0 Å². The summed E-state index contributed by atoms with van der Waals surface area (Å²) in [6.45, 7) is 4.91. The van der Waals surface area contributed by atoms with Crippen LogP contribution in [0.3, 0.4) is 0 Å². The quantitative estimate of drug-likeness (QED) is 0.631. The van der Waals surface area contributed by atoms with Crippen molar-refractivity contribution in [3.8, 4) is 0 Å². The van der Waals surface area contributed by atoms with Crippen LogP contribution in [0.15, 0.2) is 0 Å². The van der Waals surface area contributed by atoms with Crippen LogP contribution in [-0.2, 0) is 4.74 Å². The van der Waals surface area contributed by atoms with Crippen molar-refractivity contribution in [2.24, 2.45) is 5.73 Å². The third-order valence-corrected chi connectivity index (χ3v) is 2.03. The van der Waals surface area contributed by atoms with Gasteiger partial charge in [-0.25, -0.2) is 0 Å². The second-order valence-electron chi connectivity index (χ2n) is 3.29. The molecule has 3 nitrogen and oxygen atoms in total. The largest absolute Gasteiger partial charge is 0.375 e. The first kappa shape index (κ1) is 8.97. The van der Waals surface area contributed by atoms with Gasteiger partial charge in [0, 0.05) is 25.7 Å². The highest BCUT2D eigenvalue weighted by molar-refractivity contribution is 4.85. The first-order valence-corrected chi connectivity index (χ1v) is 4.29. The zero-order valence-electron chi connectivity index (χ0n) is 7.42. The molecular weight excluding hydrogens is 140 g/mol. The number of ether oxygens (including phenoxy) is 1. The summed E-state index contributed by atoms with van der Waals surface area (Å²) in [6, 6.07) is 0.214. The highest BCUT2D eigenvalue weighted by Gasteiger charge is 2.27. The van der Waals surface area contributed by atoms with Crippen molar-refractivity contribution >= 4 is 0 Å². The van der Waals surface area contributed by atoms with Gasteiger partial charge in [0.15, 0.2) is 0 Å². The zero-order valence-corrected chi connectivity index (χ0v) is 7.42. The van der Waals surface area contributed by atoms with E-state index in [2.05, 4.69) is 18.9 Å². The average Bonchev–Trinajstić information content (AvgIpc) is 2.26. The van der Waals surface area contributed by atoms with E-state index in [0.717, 1.165) is 26.1 Å². The van der Waals surface area contributed by atoms with Gasteiger partial charge in [0.25, 0.3) is 0 Å². The molecular formula is C8H18N2O. The minimum atomic E-state index is 0.214. The molecule has 0 aromatic carbocycles. The van der Waals surface area contributed by atoms with Crippen LogP contribution in [0.5, 0.6) is 0 Å². The number of nitrogens with two attached hydrogens (primary N) is 1. The summed E-state index contributed by atoms with van der Waals surface area (Å²) in [6.07, 6.45) is 1.34. The normalized spacial score (nSPS) is 33.0. The van der Waals surface area contributed by atoms with Crippen LogP contribution in [0.2, 0.25) is 0 Å².